The van der Waals surface area contributed by atoms with Crippen molar-refractivity contribution in [2.24, 2.45) is 0 Å². The van der Waals surface area contributed by atoms with Crippen molar-refractivity contribution in [1.82, 2.24) is 15.6 Å². The maximum absolute atomic E-state index is 14.1. The van der Waals surface area contributed by atoms with E-state index in [1.165, 1.54) is 12.1 Å². The van der Waals surface area contributed by atoms with Gasteiger partial charge in [-0.15, -0.1) is 0 Å². The predicted octanol–water partition coefficient (Wildman–Crippen LogP) is 3.89. The molecule has 0 unspecified atom stereocenters. The number of halogens is 2. The van der Waals surface area contributed by atoms with Crippen molar-refractivity contribution in [1.29, 1.82) is 0 Å². The maximum Gasteiger partial charge on any atom is 0.158 e. The first-order valence-corrected chi connectivity index (χ1v) is 9.53. The fourth-order valence-corrected chi connectivity index (χ4v) is 3.51. The molecular formula is C22H23F2N5. The molecule has 0 bridgehead atoms. The number of rotatable bonds is 4. The Morgan fingerprint density at radius 2 is 2.07 bits per heavy atom. The summed E-state index contributed by atoms with van der Waals surface area (Å²) in [4.78, 5) is 8.92. The highest BCUT2D eigenvalue weighted by atomic mass is 19.1. The molecule has 5 nitrogen and oxygen atoms in total. The number of pyridine rings is 1. The number of allylic oxidation sites excluding steroid dienone is 1. The Balaban J connectivity index is 1.71. The topological polar surface area (TPSA) is 43.4 Å². The Morgan fingerprint density at radius 1 is 1.21 bits per heavy atom. The average molecular weight is 395 g/mol. The number of aromatic nitrogens is 1. The molecule has 2 aliphatic heterocycles. The van der Waals surface area contributed by atoms with Crippen molar-refractivity contribution in [2.45, 2.75) is 6.42 Å². The summed E-state index contributed by atoms with van der Waals surface area (Å²) in [5.74, 6) is 0.673. The summed E-state index contributed by atoms with van der Waals surface area (Å²) in [5, 5.41) is 5.91. The minimum absolute atomic E-state index is 0.146. The Labute approximate surface area is 169 Å². The summed E-state index contributed by atoms with van der Waals surface area (Å²) < 4.78 is 27.8. The second-order valence-electron chi connectivity index (χ2n) is 7.08. The van der Waals surface area contributed by atoms with Crippen LogP contribution in [-0.2, 0) is 0 Å². The smallest absolute Gasteiger partial charge is 0.158 e. The van der Waals surface area contributed by atoms with Crippen molar-refractivity contribution >= 4 is 11.5 Å². The third-order valence-electron chi connectivity index (χ3n) is 5.04. The molecule has 4 rings (SSSR count). The highest BCUT2D eigenvalue weighted by Crippen LogP contribution is 2.34. The first-order chi connectivity index (χ1) is 14.0. The van der Waals surface area contributed by atoms with Crippen molar-refractivity contribution < 1.29 is 8.78 Å². The molecular weight excluding hydrogens is 372 g/mol. The molecule has 7 heteroatoms. The number of fused-ring (bicyclic) bond motifs is 1. The van der Waals surface area contributed by atoms with E-state index in [0.29, 0.717) is 35.1 Å². The number of anilines is 2. The van der Waals surface area contributed by atoms with Crippen LogP contribution in [0.15, 0.2) is 72.6 Å². The van der Waals surface area contributed by atoms with Gasteiger partial charge in [-0.05, 0) is 43.0 Å². The SMILES string of the molecule is C=C(NC1=C(F)CNC=C1)N1CCCN(C)c2ccc(-c3cccc(F)c3)nc21. The standard InChI is InChI=1S/C22H23F2N5/c1-15(26-20-9-10-25-14-18(20)24)29-12-4-11-28(2)21-8-7-19(27-22(21)29)16-5-3-6-17(23)13-16/h3,5-10,13,25-26H,1,4,11-12,14H2,2H3. The molecule has 0 amide bonds. The molecule has 2 aliphatic rings. The molecule has 2 N–H and O–H groups in total. The van der Waals surface area contributed by atoms with Crippen LogP contribution in [0.1, 0.15) is 6.42 Å². The van der Waals surface area contributed by atoms with E-state index in [4.69, 9.17) is 4.98 Å². The Morgan fingerprint density at radius 3 is 2.86 bits per heavy atom. The van der Waals surface area contributed by atoms with E-state index in [-0.39, 0.29) is 18.2 Å². The summed E-state index contributed by atoms with van der Waals surface area (Å²) >= 11 is 0. The van der Waals surface area contributed by atoms with E-state index in [0.717, 1.165) is 18.7 Å². The summed E-state index contributed by atoms with van der Waals surface area (Å²) in [6.07, 6.45) is 4.23. The zero-order valence-electron chi connectivity index (χ0n) is 16.3. The molecule has 0 spiro atoms. The zero-order chi connectivity index (χ0) is 20.4. The molecule has 0 atom stereocenters. The van der Waals surface area contributed by atoms with Crippen LogP contribution in [0, 0.1) is 5.82 Å². The molecule has 0 saturated carbocycles. The molecule has 0 saturated heterocycles. The summed E-state index contributed by atoms with van der Waals surface area (Å²) in [5.41, 5.74) is 2.70. The lowest BCUT2D eigenvalue weighted by Crippen LogP contribution is -2.33. The van der Waals surface area contributed by atoms with E-state index in [2.05, 4.69) is 22.1 Å². The summed E-state index contributed by atoms with van der Waals surface area (Å²) in [7, 11) is 2.01. The fourth-order valence-electron chi connectivity index (χ4n) is 3.51. The van der Waals surface area contributed by atoms with Crippen LogP contribution in [0.3, 0.4) is 0 Å². The Kier molecular flexibility index (Phi) is 5.20. The van der Waals surface area contributed by atoms with Gasteiger partial charge in [-0.2, -0.15) is 0 Å². The number of nitrogens with zero attached hydrogens (tertiary/aromatic N) is 3. The van der Waals surface area contributed by atoms with Crippen LogP contribution in [-0.4, -0.2) is 31.7 Å². The van der Waals surface area contributed by atoms with Crippen molar-refractivity contribution in [2.75, 3.05) is 36.5 Å². The quantitative estimate of drug-likeness (QED) is 0.822. The number of dihydropyridines is 1. The van der Waals surface area contributed by atoms with E-state index in [1.54, 1.807) is 18.3 Å². The first kappa shape index (κ1) is 19.0. The average Bonchev–Trinajstić information content (AvgIpc) is 2.88. The van der Waals surface area contributed by atoms with Gasteiger partial charge >= 0.3 is 0 Å². The minimum atomic E-state index is -0.306. The van der Waals surface area contributed by atoms with Gasteiger partial charge in [-0.3, -0.25) is 0 Å². The lowest BCUT2D eigenvalue weighted by molar-refractivity contribution is 0.573. The molecule has 0 aliphatic carbocycles. The number of hydrogen-bond acceptors (Lipinski definition) is 5. The number of nitrogens with one attached hydrogen (secondary N) is 2. The van der Waals surface area contributed by atoms with Crippen molar-refractivity contribution in [3.63, 3.8) is 0 Å². The highest BCUT2D eigenvalue weighted by Gasteiger charge is 2.23. The third-order valence-corrected chi connectivity index (χ3v) is 5.04. The molecule has 1 aromatic heterocycles. The van der Waals surface area contributed by atoms with Gasteiger partial charge in [0.15, 0.2) is 5.82 Å². The van der Waals surface area contributed by atoms with E-state index in [1.807, 2.05) is 30.1 Å². The second-order valence-corrected chi connectivity index (χ2v) is 7.08. The second kappa shape index (κ2) is 7.95. The zero-order valence-corrected chi connectivity index (χ0v) is 16.3. The van der Waals surface area contributed by atoms with E-state index >= 15 is 0 Å². The van der Waals surface area contributed by atoms with Gasteiger partial charge in [-0.1, -0.05) is 18.7 Å². The van der Waals surface area contributed by atoms with Crippen LogP contribution in [0.5, 0.6) is 0 Å². The molecule has 3 heterocycles. The number of hydrogen-bond donors (Lipinski definition) is 2. The van der Waals surface area contributed by atoms with Crippen LogP contribution in [0.25, 0.3) is 11.3 Å². The first-order valence-electron chi connectivity index (χ1n) is 9.53. The number of benzene rings is 1. The van der Waals surface area contributed by atoms with E-state index < -0.39 is 0 Å². The third kappa shape index (κ3) is 3.94. The molecule has 1 aromatic carbocycles. The normalized spacial score (nSPS) is 16.2. The van der Waals surface area contributed by atoms with Gasteiger partial charge in [0.2, 0.25) is 0 Å². The lowest BCUT2D eigenvalue weighted by atomic mass is 10.1. The van der Waals surface area contributed by atoms with Gasteiger partial charge in [0.1, 0.15) is 17.5 Å². The van der Waals surface area contributed by atoms with Gasteiger partial charge in [0.25, 0.3) is 0 Å². The van der Waals surface area contributed by atoms with Crippen LogP contribution < -0.4 is 20.4 Å². The van der Waals surface area contributed by atoms with Gasteiger partial charge < -0.3 is 20.4 Å². The van der Waals surface area contributed by atoms with Gasteiger partial charge in [-0.25, -0.2) is 13.8 Å². The molecule has 2 aromatic rings. The summed E-state index contributed by atoms with van der Waals surface area (Å²) in [6, 6.07) is 10.2. The largest absolute Gasteiger partial charge is 0.384 e. The Bertz CT molecular complexity index is 998. The maximum atomic E-state index is 14.1. The monoisotopic (exact) mass is 395 g/mol. The van der Waals surface area contributed by atoms with Crippen molar-refractivity contribution in [3.05, 3.63) is 78.4 Å². The highest BCUT2D eigenvalue weighted by molar-refractivity contribution is 5.74. The fraction of sp³-hybridized carbons (Fsp3) is 0.227. The molecule has 29 heavy (non-hydrogen) atoms. The minimum Gasteiger partial charge on any atom is -0.384 e. The van der Waals surface area contributed by atoms with Crippen LogP contribution >= 0.6 is 0 Å². The molecule has 0 fully saturated rings. The van der Waals surface area contributed by atoms with Gasteiger partial charge in [0.05, 0.1) is 23.6 Å². The molecule has 0 radical (unpaired) electrons. The molecule has 150 valence electrons. The van der Waals surface area contributed by atoms with Crippen LogP contribution in [0.4, 0.5) is 20.3 Å². The van der Waals surface area contributed by atoms with Crippen LogP contribution in [0.2, 0.25) is 0 Å². The lowest BCUT2D eigenvalue weighted by Gasteiger charge is -2.28. The van der Waals surface area contributed by atoms with Gasteiger partial charge in [0, 0.05) is 25.7 Å². The summed E-state index contributed by atoms with van der Waals surface area (Å²) in [6.45, 7) is 5.82. The van der Waals surface area contributed by atoms with E-state index in [9.17, 15) is 8.78 Å². The van der Waals surface area contributed by atoms with Crippen molar-refractivity contribution in [3.8, 4) is 11.3 Å². The predicted molar refractivity (Wildman–Crippen MR) is 112 cm³/mol. The Hall–Kier alpha value is -3.35.